The van der Waals surface area contributed by atoms with Gasteiger partial charge in [0.15, 0.2) is 0 Å². The van der Waals surface area contributed by atoms with Crippen molar-refractivity contribution < 1.29 is 65.4 Å². The molecule has 0 bridgehead atoms. The SMILES string of the molecule is C[CH-]C[CH-]C.[Y].[Y]. The molecule has 2 heteroatoms. The first-order valence-corrected chi connectivity index (χ1v) is 1.97. The maximum absolute atomic E-state index is 2.12. The van der Waals surface area contributed by atoms with E-state index in [1.54, 1.807) is 0 Å². The van der Waals surface area contributed by atoms with E-state index in [2.05, 4.69) is 26.7 Å². The standard InChI is InChI=1S/C5H10.2Y/c1-3-5-4-2;;/h3-4H,5H2,1-2H3;;/q-2;;. The van der Waals surface area contributed by atoms with Gasteiger partial charge in [-0.15, -0.1) is 0 Å². The summed E-state index contributed by atoms with van der Waals surface area (Å²) in [5.41, 5.74) is 0. The quantitative estimate of drug-likeness (QED) is 0.654. The van der Waals surface area contributed by atoms with Crippen molar-refractivity contribution in [1.29, 1.82) is 0 Å². The average Bonchev–Trinajstić information content (AvgIpc) is 1.41. The van der Waals surface area contributed by atoms with Gasteiger partial charge in [-0.25, -0.2) is 0 Å². The Labute approximate surface area is 97.0 Å². The van der Waals surface area contributed by atoms with Crippen molar-refractivity contribution in [3.05, 3.63) is 12.8 Å². The molecule has 0 fully saturated rings. The maximum atomic E-state index is 2.12. The second-order valence-electron chi connectivity index (χ2n) is 1.05. The predicted molar refractivity (Wildman–Crippen MR) is 24.6 cm³/mol. The summed E-state index contributed by atoms with van der Waals surface area (Å²) in [5, 5.41) is 0. The van der Waals surface area contributed by atoms with Crippen molar-refractivity contribution in [3.63, 3.8) is 0 Å². The predicted octanol–water partition coefficient (Wildman–Crippen LogP) is 1.82. The molecule has 0 N–H and O–H groups in total. The smallest absolute Gasteiger partial charge is 0 e. The van der Waals surface area contributed by atoms with Crippen LogP contribution in [0.1, 0.15) is 20.3 Å². The summed E-state index contributed by atoms with van der Waals surface area (Å²) >= 11 is 0. The van der Waals surface area contributed by atoms with Gasteiger partial charge in [0.2, 0.25) is 0 Å². The Morgan fingerprint density at radius 3 is 1.29 bits per heavy atom. The van der Waals surface area contributed by atoms with E-state index in [0.717, 1.165) is 6.42 Å². The molecule has 0 aromatic carbocycles. The fraction of sp³-hybridized carbons (Fsp3) is 0.600. The van der Waals surface area contributed by atoms with Gasteiger partial charge in [0.25, 0.3) is 0 Å². The number of hydrogen-bond acceptors (Lipinski definition) is 0. The first-order chi connectivity index (χ1) is 2.41. The third kappa shape index (κ3) is 17.9. The Morgan fingerprint density at radius 1 is 1.00 bits per heavy atom. The molecule has 0 aromatic heterocycles. The molecule has 0 saturated heterocycles. The molecule has 0 saturated carbocycles. The Balaban J connectivity index is -0.0000000800. The summed E-state index contributed by atoms with van der Waals surface area (Å²) in [6.07, 6.45) is 5.39. The van der Waals surface area contributed by atoms with Crippen LogP contribution in [0.15, 0.2) is 0 Å². The third-order valence-corrected chi connectivity index (χ3v) is 0.471. The Bertz CT molecular complexity index is 13.6. The zero-order valence-corrected chi connectivity index (χ0v) is 10.7. The van der Waals surface area contributed by atoms with E-state index in [1.165, 1.54) is 0 Å². The van der Waals surface area contributed by atoms with Gasteiger partial charge >= 0.3 is 0 Å². The van der Waals surface area contributed by atoms with Crippen LogP contribution in [0, 0.1) is 12.8 Å². The molecule has 0 spiro atoms. The first kappa shape index (κ1) is 16.1. The molecule has 0 heterocycles. The van der Waals surface area contributed by atoms with Gasteiger partial charge in [-0.3, -0.25) is 0 Å². The van der Waals surface area contributed by atoms with Gasteiger partial charge in [-0.2, -0.15) is 13.8 Å². The topological polar surface area (TPSA) is 0 Å². The van der Waals surface area contributed by atoms with E-state index in [0.29, 0.717) is 0 Å². The second kappa shape index (κ2) is 15.7. The molecular weight excluding hydrogens is 238 g/mol. The minimum Gasteiger partial charge on any atom is -0.360 e. The molecule has 7 heavy (non-hydrogen) atoms. The van der Waals surface area contributed by atoms with E-state index in [4.69, 9.17) is 0 Å². The fourth-order valence-corrected chi connectivity index (χ4v) is 0.236. The van der Waals surface area contributed by atoms with Crippen molar-refractivity contribution in [1.82, 2.24) is 0 Å². The Hall–Kier alpha value is 2.21. The largest absolute Gasteiger partial charge is 0.360 e. The van der Waals surface area contributed by atoms with Gasteiger partial charge < -0.3 is 19.3 Å². The monoisotopic (exact) mass is 248 g/mol. The van der Waals surface area contributed by atoms with E-state index in [9.17, 15) is 0 Å². The molecule has 0 unspecified atom stereocenters. The summed E-state index contributed by atoms with van der Waals surface area (Å²) in [6.45, 7) is 4.11. The van der Waals surface area contributed by atoms with Gasteiger partial charge in [-0.05, 0) is 0 Å². The normalized spacial score (nSPS) is 6.00. The minimum atomic E-state index is 0. The van der Waals surface area contributed by atoms with E-state index < -0.39 is 0 Å². The van der Waals surface area contributed by atoms with Crippen LogP contribution in [0.5, 0.6) is 0 Å². The van der Waals surface area contributed by atoms with Crippen molar-refractivity contribution in [2.75, 3.05) is 0 Å². The summed E-state index contributed by atoms with van der Waals surface area (Å²) in [5.74, 6) is 0. The molecule has 0 nitrogen and oxygen atoms in total. The van der Waals surface area contributed by atoms with Crippen LogP contribution < -0.4 is 0 Å². The van der Waals surface area contributed by atoms with Crippen LogP contribution in [-0.4, -0.2) is 0 Å². The van der Waals surface area contributed by atoms with Gasteiger partial charge in [-0.1, -0.05) is 0 Å². The van der Waals surface area contributed by atoms with Crippen LogP contribution in [0.3, 0.4) is 0 Å². The van der Waals surface area contributed by atoms with E-state index >= 15 is 0 Å². The first-order valence-electron chi connectivity index (χ1n) is 1.97. The average molecular weight is 248 g/mol. The Morgan fingerprint density at radius 2 is 1.29 bits per heavy atom. The molecule has 0 aliphatic rings. The number of unbranched alkanes of at least 4 members (excludes halogenated alkanes) is 2. The molecule has 0 atom stereocenters. The maximum Gasteiger partial charge on any atom is 0 e. The molecule has 0 aliphatic carbocycles. The summed E-state index contributed by atoms with van der Waals surface area (Å²) in [6, 6.07) is 0. The van der Waals surface area contributed by atoms with Gasteiger partial charge in [0.1, 0.15) is 0 Å². The minimum absolute atomic E-state index is 0. The molecule has 0 aliphatic heterocycles. The van der Waals surface area contributed by atoms with Crippen molar-refractivity contribution in [2.45, 2.75) is 20.3 Å². The van der Waals surface area contributed by atoms with E-state index in [-0.39, 0.29) is 65.4 Å². The van der Waals surface area contributed by atoms with Crippen LogP contribution in [0.25, 0.3) is 0 Å². The molecule has 2 radical (unpaired) electrons. The number of hydrogen-bond donors (Lipinski definition) is 0. The summed E-state index contributed by atoms with van der Waals surface area (Å²) in [4.78, 5) is 0. The molecule has 0 aromatic rings. The van der Waals surface area contributed by atoms with Crippen LogP contribution in [-0.2, 0) is 65.4 Å². The molecule has 0 rings (SSSR count). The molecule has 0 amide bonds. The van der Waals surface area contributed by atoms with Crippen molar-refractivity contribution in [3.8, 4) is 0 Å². The van der Waals surface area contributed by atoms with Crippen LogP contribution >= 0.6 is 0 Å². The molecular formula is C5H10Y2-2. The second-order valence-corrected chi connectivity index (χ2v) is 1.05. The van der Waals surface area contributed by atoms with Gasteiger partial charge in [0, 0.05) is 65.4 Å². The summed E-state index contributed by atoms with van der Waals surface area (Å²) in [7, 11) is 0. The zero-order chi connectivity index (χ0) is 4.12. The van der Waals surface area contributed by atoms with Crippen molar-refractivity contribution >= 4 is 0 Å². The Kier molecular flexibility index (Phi) is 36.2. The zero-order valence-electron chi connectivity index (χ0n) is 5.02. The number of rotatable bonds is 2. The van der Waals surface area contributed by atoms with Crippen LogP contribution in [0.2, 0.25) is 0 Å². The van der Waals surface area contributed by atoms with Crippen LogP contribution in [0.4, 0.5) is 0 Å². The molecule has 38 valence electrons. The van der Waals surface area contributed by atoms with Gasteiger partial charge in [0.05, 0.1) is 0 Å². The van der Waals surface area contributed by atoms with Crippen molar-refractivity contribution in [2.24, 2.45) is 0 Å². The summed E-state index contributed by atoms with van der Waals surface area (Å²) < 4.78 is 0. The third-order valence-electron chi connectivity index (χ3n) is 0.471. The van der Waals surface area contributed by atoms with E-state index in [1.807, 2.05) is 0 Å². The fourth-order valence-electron chi connectivity index (χ4n) is 0.236.